The Labute approximate surface area is 205 Å². The summed E-state index contributed by atoms with van der Waals surface area (Å²) in [5.41, 5.74) is 4.08. The number of aromatic nitrogens is 4. The zero-order chi connectivity index (χ0) is 23.9. The van der Waals surface area contributed by atoms with Gasteiger partial charge in [0.25, 0.3) is 0 Å². The van der Waals surface area contributed by atoms with E-state index in [0.717, 1.165) is 23.2 Å². The molecule has 0 atom stereocenters. The lowest BCUT2D eigenvalue weighted by molar-refractivity contribution is -0.117. The maximum atomic E-state index is 12.4. The summed E-state index contributed by atoms with van der Waals surface area (Å²) < 4.78 is 1.92. The van der Waals surface area contributed by atoms with Gasteiger partial charge in [0.15, 0.2) is 11.0 Å². The van der Waals surface area contributed by atoms with E-state index in [0.29, 0.717) is 17.5 Å². The molecule has 34 heavy (non-hydrogen) atoms. The Morgan fingerprint density at radius 3 is 2.62 bits per heavy atom. The minimum atomic E-state index is -0.504. The van der Waals surface area contributed by atoms with Crippen LogP contribution in [0.25, 0.3) is 17.1 Å². The largest absolute Gasteiger partial charge is 0.337 e. The van der Waals surface area contributed by atoms with Gasteiger partial charge in [0, 0.05) is 29.4 Å². The molecular weight excluding hydrogens is 468 g/mol. The van der Waals surface area contributed by atoms with Crippen molar-refractivity contribution in [3.8, 4) is 17.1 Å². The SMILES string of the molecule is Cc1ccc(-n2c(SCC(=O)NC(=O)NCCc3cccs3)nnc2-c2ccncc2)cc1C. The Balaban J connectivity index is 1.44. The Kier molecular flexibility index (Phi) is 7.71. The lowest BCUT2D eigenvalue weighted by Gasteiger charge is -2.12. The second-order valence-corrected chi connectivity index (χ2v) is 9.54. The van der Waals surface area contributed by atoms with Crippen molar-refractivity contribution >= 4 is 35.0 Å². The smallest absolute Gasteiger partial charge is 0.321 e. The fourth-order valence-electron chi connectivity index (χ4n) is 3.24. The molecule has 0 bridgehead atoms. The average Bonchev–Trinajstić information content (AvgIpc) is 3.50. The minimum Gasteiger partial charge on any atom is -0.337 e. The summed E-state index contributed by atoms with van der Waals surface area (Å²) >= 11 is 2.86. The zero-order valence-corrected chi connectivity index (χ0v) is 20.4. The van der Waals surface area contributed by atoms with Gasteiger partial charge >= 0.3 is 6.03 Å². The van der Waals surface area contributed by atoms with Crippen molar-refractivity contribution in [3.05, 3.63) is 76.2 Å². The average molecular weight is 493 g/mol. The molecule has 0 saturated carbocycles. The van der Waals surface area contributed by atoms with Crippen LogP contribution >= 0.6 is 23.1 Å². The standard InChI is InChI=1S/C24H24N6O2S2/c1-16-5-6-19(14-17(16)2)30-22(18-7-10-25-11-8-18)28-29-24(30)34-15-21(31)27-23(32)26-12-9-20-4-3-13-33-20/h3-8,10-11,13-14H,9,12,15H2,1-2H3,(H2,26,27,31,32). The van der Waals surface area contributed by atoms with E-state index in [-0.39, 0.29) is 5.75 Å². The number of pyridine rings is 1. The fourth-order valence-corrected chi connectivity index (χ4v) is 4.70. The Morgan fingerprint density at radius 1 is 1.06 bits per heavy atom. The van der Waals surface area contributed by atoms with Crippen molar-refractivity contribution in [1.29, 1.82) is 0 Å². The second kappa shape index (κ2) is 11.1. The lowest BCUT2D eigenvalue weighted by atomic mass is 10.1. The first kappa shape index (κ1) is 23.7. The van der Waals surface area contributed by atoms with Gasteiger partial charge in [0.2, 0.25) is 5.91 Å². The van der Waals surface area contributed by atoms with Gasteiger partial charge in [0.05, 0.1) is 11.4 Å². The van der Waals surface area contributed by atoms with E-state index in [1.807, 2.05) is 53.3 Å². The fraction of sp³-hybridized carbons (Fsp3) is 0.208. The first-order valence-electron chi connectivity index (χ1n) is 10.7. The number of hydrogen-bond acceptors (Lipinski definition) is 7. The summed E-state index contributed by atoms with van der Waals surface area (Å²) in [6, 6.07) is 13.3. The number of aryl methyl sites for hydroxylation is 2. The third-order valence-electron chi connectivity index (χ3n) is 5.14. The number of nitrogens with zero attached hydrogens (tertiary/aromatic N) is 4. The van der Waals surface area contributed by atoms with Crippen molar-refractivity contribution in [2.24, 2.45) is 0 Å². The van der Waals surface area contributed by atoms with Crippen LogP contribution in [0.5, 0.6) is 0 Å². The molecule has 10 heteroatoms. The van der Waals surface area contributed by atoms with Crippen LogP contribution in [0.4, 0.5) is 4.79 Å². The third kappa shape index (κ3) is 5.89. The molecule has 3 heterocycles. The molecule has 3 amide bonds. The van der Waals surface area contributed by atoms with Crippen LogP contribution in [0, 0.1) is 13.8 Å². The highest BCUT2D eigenvalue weighted by Gasteiger charge is 2.18. The highest BCUT2D eigenvalue weighted by molar-refractivity contribution is 7.99. The topological polar surface area (TPSA) is 102 Å². The van der Waals surface area contributed by atoms with Gasteiger partial charge in [-0.25, -0.2) is 4.79 Å². The highest BCUT2D eigenvalue weighted by atomic mass is 32.2. The van der Waals surface area contributed by atoms with Gasteiger partial charge in [-0.3, -0.25) is 19.7 Å². The predicted octanol–water partition coefficient (Wildman–Crippen LogP) is 4.17. The van der Waals surface area contributed by atoms with Crippen LogP contribution in [0.2, 0.25) is 0 Å². The van der Waals surface area contributed by atoms with E-state index in [4.69, 9.17) is 0 Å². The molecule has 0 saturated heterocycles. The molecule has 0 aliphatic rings. The van der Waals surface area contributed by atoms with E-state index in [1.165, 1.54) is 22.2 Å². The number of rotatable bonds is 8. The predicted molar refractivity (Wildman–Crippen MR) is 134 cm³/mol. The van der Waals surface area contributed by atoms with Crippen LogP contribution in [0.15, 0.2) is 65.4 Å². The molecule has 0 spiro atoms. The lowest BCUT2D eigenvalue weighted by Crippen LogP contribution is -2.41. The molecule has 1 aromatic carbocycles. The quantitative estimate of drug-likeness (QED) is 0.358. The van der Waals surface area contributed by atoms with Crippen LogP contribution in [-0.2, 0) is 11.2 Å². The molecular formula is C24H24N6O2S2. The molecule has 2 N–H and O–H groups in total. The second-order valence-electron chi connectivity index (χ2n) is 7.57. The van der Waals surface area contributed by atoms with Gasteiger partial charge < -0.3 is 5.32 Å². The number of carbonyl (C=O) groups is 2. The third-order valence-corrected chi connectivity index (χ3v) is 7.01. The molecule has 8 nitrogen and oxygen atoms in total. The Morgan fingerprint density at radius 2 is 1.88 bits per heavy atom. The number of benzene rings is 1. The monoisotopic (exact) mass is 492 g/mol. The Hall–Kier alpha value is -3.50. The number of thioether (sulfide) groups is 1. The maximum absolute atomic E-state index is 12.4. The molecule has 3 aromatic heterocycles. The van der Waals surface area contributed by atoms with Crippen molar-refractivity contribution in [2.75, 3.05) is 12.3 Å². The molecule has 174 valence electrons. The van der Waals surface area contributed by atoms with Crippen LogP contribution in [0.1, 0.15) is 16.0 Å². The number of amides is 3. The first-order chi connectivity index (χ1) is 16.5. The summed E-state index contributed by atoms with van der Waals surface area (Å²) in [5.74, 6) is 0.274. The van der Waals surface area contributed by atoms with Crippen molar-refractivity contribution in [3.63, 3.8) is 0 Å². The van der Waals surface area contributed by atoms with E-state index >= 15 is 0 Å². The van der Waals surface area contributed by atoms with Gasteiger partial charge in [-0.05, 0) is 67.1 Å². The van der Waals surface area contributed by atoms with Crippen molar-refractivity contribution < 1.29 is 9.59 Å². The highest BCUT2D eigenvalue weighted by Crippen LogP contribution is 2.28. The first-order valence-corrected chi connectivity index (χ1v) is 12.5. The normalized spacial score (nSPS) is 10.8. The molecule has 0 unspecified atom stereocenters. The summed E-state index contributed by atoms with van der Waals surface area (Å²) in [6.45, 7) is 4.57. The van der Waals surface area contributed by atoms with E-state index in [1.54, 1.807) is 23.7 Å². The molecule has 0 radical (unpaired) electrons. The van der Waals surface area contributed by atoms with Gasteiger partial charge in [0.1, 0.15) is 0 Å². The van der Waals surface area contributed by atoms with Crippen LogP contribution in [-0.4, -0.2) is 44.0 Å². The number of imide groups is 1. The molecule has 4 rings (SSSR count). The number of carbonyl (C=O) groups excluding carboxylic acids is 2. The molecule has 0 fully saturated rings. The molecule has 0 aliphatic carbocycles. The summed E-state index contributed by atoms with van der Waals surface area (Å²) in [6.07, 6.45) is 4.13. The van der Waals surface area contributed by atoms with Gasteiger partial charge in [-0.2, -0.15) is 0 Å². The number of thiophene rings is 1. The van der Waals surface area contributed by atoms with E-state index in [2.05, 4.69) is 38.8 Å². The Bertz CT molecular complexity index is 1270. The van der Waals surface area contributed by atoms with E-state index in [9.17, 15) is 9.59 Å². The van der Waals surface area contributed by atoms with Crippen molar-refractivity contribution in [2.45, 2.75) is 25.4 Å². The molecule has 0 aliphatic heterocycles. The molecule has 4 aromatic rings. The van der Waals surface area contributed by atoms with Gasteiger partial charge in [-0.1, -0.05) is 23.9 Å². The maximum Gasteiger partial charge on any atom is 0.321 e. The van der Waals surface area contributed by atoms with Crippen LogP contribution in [0.3, 0.4) is 0 Å². The minimum absolute atomic E-state index is 0.0255. The summed E-state index contributed by atoms with van der Waals surface area (Å²) in [5, 5.41) is 16.3. The van der Waals surface area contributed by atoms with Crippen LogP contribution < -0.4 is 10.6 Å². The van der Waals surface area contributed by atoms with Gasteiger partial charge in [-0.15, -0.1) is 21.5 Å². The summed E-state index contributed by atoms with van der Waals surface area (Å²) in [7, 11) is 0. The number of hydrogen-bond donors (Lipinski definition) is 2. The zero-order valence-electron chi connectivity index (χ0n) is 18.8. The number of urea groups is 1. The van der Waals surface area contributed by atoms with E-state index < -0.39 is 11.9 Å². The summed E-state index contributed by atoms with van der Waals surface area (Å²) in [4.78, 5) is 29.7. The number of nitrogens with one attached hydrogen (secondary N) is 2. The van der Waals surface area contributed by atoms with Crippen molar-refractivity contribution in [1.82, 2.24) is 30.4 Å².